The van der Waals surface area contributed by atoms with E-state index in [2.05, 4.69) is 0 Å². The van der Waals surface area contributed by atoms with Crippen LogP contribution in [-0.4, -0.2) is 9.52 Å². The number of benzene rings is 1. The number of aryl methyl sites for hydroxylation is 1. The fraction of sp³-hybridized carbons (Fsp3) is 0.727. The van der Waals surface area contributed by atoms with E-state index < -0.39 is 11.6 Å². The highest BCUT2D eigenvalue weighted by atomic mass is 28.2. The van der Waals surface area contributed by atoms with Gasteiger partial charge in [0.15, 0.2) is 11.6 Å². The van der Waals surface area contributed by atoms with E-state index >= 15 is 0 Å². The quantitative estimate of drug-likeness (QED) is 0.499. The van der Waals surface area contributed by atoms with E-state index in [0.717, 1.165) is 36.2 Å². The average Bonchev–Trinajstić information content (AvgIpc) is 2.65. The lowest BCUT2D eigenvalue weighted by Gasteiger charge is -2.29. The SMILES string of the molecule is Fc1ccc(CCC2CCC(CCCC3CC[SiH2]CC3)CC2)cc1F. The molecule has 1 saturated heterocycles. The van der Waals surface area contributed by atoms with Gasteiger partial charge in [0.25, 0.3) is 0 Å². The van der Waals surface area contributed by atoms with Crippen molar-refractivity contribution in [1.82, 2.24) is 0 Å². The lowest BCUT2D eigenvalue weighted by Crippen LogP contribution is -2.16. The molecule has 0 radical (unpaired) electrons. The molecule has 0 atom stereocenters. The van der Waals surface area contributed by atoms with E-state index in [4.69, 9.17) is 0 Å². The Hall–Kier alpha value is -0.703. The standard InChI is InChI=1S/C22H34F2Si/c23-21-11-10-20(16-22(21)24)9-8-19-6-4-17(5-7-19)2-1-3-18-12-14-25-15-13-18/h10-11,16-19H,1-9,12-15,25H2. The molecule has 2 aliphatic rings. The Morgan fingerprint density at radius 3 is 2.00 bits per heavy atom. The summed E-state index contributed by atoms with van der Waals surface area (Å²) >= 11 is 0. The van der Waals surface area contributed by atoms with Crippen molar-refractivity contribution in [3.05, 3.63) is 35.4 Å². The van der Waals surface area contributed by atoms with Crippen LogP contribution >= 0.6 is 0 Å². The van der Waals surface area contributed by atoms with Crippen LogP contribution in [0.25, 0.3) is 0 Å². The monoisotopic (exact) mass is 364 g/mol. The zero-order valence-electron chi connectivity index (χ0n) is 15.6. The van der Waals surface area contributed by atoms with Crippen LogP contribution in [0.15, 0.2) is 18.2 Å². The van der Waals surface area contributed by atoms with Crippen LogP contribution in [0.3, 0.4) is 0 Å². The van der Waals surface area contributed by atoms with Crippen LogP contribution in [0.1, 0.15) is 69.8 Å². The molecule has 1 saturated carbocycles. The Kier molecular flexibility index (Phi) is 7.51. The number of hydrogen-bond donors (Lipinski definition) is 0. The van der Waals surface area contributed by atoms with Crippen LogP contribution in [0.5, 0.6) is 0 Å². The predicted octanol–water partition coefficient (Wildman–Crippen LogP) is 6.29. The van der Waals surface area contributed by atoms with Gasteiger partial charge in [-0.1, -0.05) is 75.9 Å². The Balaban J connectivity index is 1.29. The second-order valence-electron chi connectivity index (χ2n) is 8.61. The zero-order valence-corrected chi connectivity index (χ0v) is 17.0. The third-order valence-corrected chi connectivity index (χ3v) is 8.56. The number of hydrogen-bond acceptors (Lipinski definition) is 0. The van der Waals surface area contributed by atoms with E-state index in [1.807, 2.05) is 0 Å². The van der Waals surface area contributed by atoms with Gasteiger partial charge in [-0.3, -0.25) is 0 Å². The summed E-state index contributed by atoms with van der Waals surface area (Å²) in [6.07, 6.45) is 14.9. The normalized spacial score (nSPS) is 28.3. The van der Waals surface area contributed by atoms with Crippen molar-refractivity contribution in [3.63, 3.8) is 0 Å². The largest absolute Gasteiger partial charge is 0.204 e. The first-order chi connectivity index (χ1) is 12.2. The molecule has 2 fully saturated rings. The number of rotatable bonds is 7. The molecule has 1 aromatic rings. The molecule has 0 aromatic heterocycles. The van der Waals surface area contributed by atoms with Gasteiger partial charge in [-0.2, -0.15) is 0 Å². The molecular formula is C22H34F2Si. The van der Waals surface area contributed by atoms with Gasteiger partial charge in [0.1, 0.15) is 0 Å². The van der Waals surface area contributed by atoms with Crippen LogP contribution < -0.4 is 0 Å². The highest BCUT2D eigenvalue weighted by molar-refractivity contribution is 6.35. The Labute approximate surface area is 154 Å². The first-order valence-corrected chi connectivity index (χ1v) is 12.6. The van der Waals surface area contributed by atoms with Crippen molar-refractivity contribution in [1.29, 1.82) is 0 Å². The summed E-state index contributed by atoms with van der Waals surface area (Å²) in [7, 11) is 0.360. The molecule has 0 nitrogen and oxygen atoms in total. The molecule has 0 unspecified atom stereocenters. The third kappa shape index (κ3) is 6.20. The highest BCUT2D eigenvalue weighted by Gasteiger charge is 2.21. The molecule has 140 valence electrons. The summed E-state index contributed by atoms with van der Waals surface area (Å²) in [6.45, 7) is 0. The fourth-order valence-electron chi connectivity index (χ4n) is 5.05. The van der Waals surface area contributed by atoms with E-state index in [9.17, 15) is 8.78 Å². The van der Waals surface area contributed by atoms with Crippen molar-refractivity contribution in [2.75, 3.05) is 0 Å². The fourth-order valence-corrected chi connectivity index (χ4v) is 7.13. The summed E-state index contributed by atoms with van der Waals surface area (Å²) < 4.78 is 26.3. The molecule has 1 aliphatic carbocycles. The van der Waals surface area contributed by atoms with Gasteiger partial charge in [-0.25, -0.2) is 8.78 Å². The van der Waals surface area contributed by atoms with Crippen LogP contribution in [0.2, 0.25) is 12.1 Å². The molecule has 0 N–H and O–H groups in total. The topological polar surface area (TPSA) is 0 Å². The molecule has 3 rings (SSSR count). The maximum Gasteiger partial charge on any atom is 0.159 e. The molecule has 3 heteroatoms. The lowest BCUT2D eigenvalue weighted by atomic mass is 9.77. The highest BCUT2D eigenvalue weighted by Crippen LogP contribution is 2.35. The third-order valence-electron chi connectivity index (χ3n) is 6.74. The van der Waals surface area contributed by atoms with Gasteiger partial charge in [-0.15, -0.1) is 0 Å². The molecule has 1 heterocycles. The van der Waals surface area contributed by atoms with E-state index in [-0.39, 0.29) is 0 Å². The van der Waals surface area contributed by atoms with Gasteiger partial charge < -0.3 is 0 Å². The maximum absolute atomic E-state index is 13.3. The van der Waals surface area contributed by atoms with Crippen LogP contribution in [0, 0.1) is 29.4 Å². The molecular weight excluding hydrogens is 330 g/mol. The van der Waals surface area contributed by atoms with Gasteiger partial charge in [0, 0.05) is 9.52 Å². The minimum atomic E-state index is -0.737. The summed E-state index contributed by atoms with van der Waals surface area (Å²) in [5, 5.41) is 0. The molecule has 0 spiro atoms. The summed E-state index contributed by atoms with van der Waals surface area (Å²) in [5.74, 6) is 1.36. The van der Waals surface area contributed by atoms with Crippen molar-refractivity contribution >= 4 is 9.52 Å². The first kappa shape index (κ1) is 19.1. The van der Waals surface area contributed by atoms with E-state index in [0.29, 0.717) is 9.52 Å². The minimum absolute atomic E-state index is 0.360. The molecule has 0 amide bonds. The zero-order chi connectivity index (χ0) is 17.5. The molecule has 25 heavy (non-hydrogen) atoms. The summed E-state index contributed by atoms with van der Waals surface area (Å²) in [6, 6.07) is 7.57. The van der Waals surface area contributed by atoms with Gasteiger partial charge in [0.05, 0.1) is 0 Å². The van der Waals surface area contributed by atoms with Crippen molar-refractivity contribution in [2.45, 2.75) is 82.7 Å². The summed E-state index contributed by atoms with van der Waals surface area (Å²) in [4.78, 5) is 0. The molecule has 1 aliphatic heterocycles. The second kappa shape index (κ2) is 9.85. The van der Waals surface area contributed by atoms with Crippen LogP contribution in [-0.2, 0) is 6.42 Å². The first-order valence-electron chi connectivity index (χ1n) is 10.6. The van der Waals surface area contributed by atoms with E-state index in [1.54, 1.807) is 31.0 Å². The maximum atomic E-state index is 13.3. The van der Waals surface area contributed by atoms with Crippen molar-refractivity contribution in [2.24, 2.45) is 17.8 Å². The van der Waals surface area contributed by atoms with Crippen molar-refractivity contribution < 1.29 is 8.78 Å². The van der Waals surface area contributed by atoms with Gasteiger partial charge in [-0.05, 0) is 48.3 Å². The smallest absolute Gasteiger partial charge is 0.159 e. The van der Waals surface area contributed by atoms with Crippen LogP contribution in [0.4, 0.5) is 8.78 Å². The predicted molar refractivity (Wildman–Crippen MR) is 105 cm³/mol. The minimum Gasteiger partial charge on any atom is -0.204 e. The second-order valence-corrected chi connectivity index (χ2v) is 10.7. The van der Waals surface area contributed by atoms with Gasteiger partial charge >= 0.3 is 0 Å². The Morgan fingerprint density at radius 1 is 0.760 bits per heavy atom. The Morgan fingerprint density at radius 2 is 1.36 bits per heavy atom. The molecule has 1 aromatic carbocycles. The average molecular weight is 365 g/mol. The summed E-state index contributed by atoms with van der Waals surface area (Å²) in [5.41, 5.74) is 0.941. The van der Waals surface area contributed by atoms with Crippen molar-refractivity contribution in [3.8, 4) is 0 Å². The van der Waals surface area contributed by atoms with E-state index in [1.165, 1.54) is 57.1 Å². The number of halogens is 2. The van der Waals surface area contributed by atoms with Gasteiger partial charge in [0.2, 0.25) is 0 Å². The lowest BCUT2D eigenvalue weighted by molar-refractivity contribution is 0.244. The Bertz CT molecular complexity index is 517. The molecule has 0 bridgehead atoms.